The van der Waals surface area contributed by atoms with Gasteiger partial charge in [-0.25, -0.2) is 9.98 Å². The van der Waals surface area contributed by atoms with E-state index in [-0.39, 0.29) is 0 Å². The van der Waals surface area contributed by atoms with Gasteiger partial charge in [0.15, 0.2) is 16.9 Å². The number of benzene rings is 2. The maximum Gasteiger partial charge on any atom is 0.227 e. The average Bonchev–Trinajstić information content (AvgIpc) is 3.00. The number of rotatable bonds is 2. The molecular weight excluding hydrogens is 367 g/mol. The number of aliphatic imine (C=N–C) groups is 1. The minimum absolute atomic E-state index is 0.439. The molecule has 0 radical (unpaired) electrons. The second-order valence-corrected chi connectivity index (χ2v) is 6.27. The fourth-order valence-electron chi connectivity index (χ4n) is 2.03. The summed E-state index contributed by atoms with van der Waals surface area (Å²) in [5, 5.41) is 12.6. The van der Waals surface area contributed by atoms with E-state index in [9.17, 15) is 0 Å². The van der Waals surface area contributed by atoms with E-state index in [2.05, 4.69) is 15.3 Å². The standard InChI is InChI=1S/C16H10Cl2N4OS/c1-24-16(20-8-19)21-10-3-5-14-13(7-10)22-15(23-14)9-2-4-11(17)12(18)6-9/h2-7H,1H3,(H,20,21). The highest BCUT2D eigenvalue weighted by Crippen LogP contribution is 2.31. The fourth-order valence-corrected chi connectivity index (χ4v) is 2.67. The van der Waals surface area contributed by atoms with Gasteiger partial charge in [-0.2, -0.15) is 5.26 Å². The van der Waals surface area contributed by atoms with Gasteiger partial charge in [0.25, 0.3) is 0 Å². The van der Waals surface area contributed by atoms with Crippen molar-refractivity contribution in [3.63, 3.8) is 0 Å². The van der Waals surface area contributed by atoms with Crippen LogP contribution in [-0.2, 0) is 0 Å². The van der Waals surface area contributed by atoms with Gasteiger partial charge in [0, 0.05) is 5.56 Å². The summed E-state index contributed by atoms with van der Waals surface area (Å²) in [5.41, 5.74) is 2.70. The molecular formula is C16H10Cl2N4OS. The Labute approximate surface area is 152 Å². The molecule has 5 nitrogen and oxygen atoms in total. The quantitative estimate of drug-likeness (QED) is 0.287. The van der Waals surface area contributed by atoms with E-state index < -0.39 is 0 Å². The first-order chi connectivity index (χ1) is 11.6. The van der Waals surface area contributed by atoms with Crippen molar-refractivity contribution in [3.8, 4) is 17.6 Å². The Balaban J connectivity index is 2.00. The third-order valence-electron chi connectivity index (χ3n) is 3.12. The van der Waals surface area contributed by atoms with Crippen molar-refractivity contribution in [2.24, 2.45) is 4.99 Å². The van der Waals surface area contributed by atoms with E-state index in [0.717, 1.165) is 5.56 Å². The van der Waals surface area contributed by atoms with Crippen LogP contribution in [-0.4, -0.2) is 16.4 Å². The number of thioether (sulfide) groups is 1. The largest absolute Gasteiger partial charge is 0.436 e. The maximum atomic E-state index is 8.69. The highest BCUT2D eigenvalue weighted by molar-refractivity contribution is 8.13. The van der Waals surface area contributed by atoms with Crippen LogP contribution in [0.15, 0.2) is 45.8 Å². The minimum Gasteiger partial charge on any atom is -0.436 e. The van der Waals surface area contributed by atoms with Crippen LogP contribution in [0.4, 0.5) is 5.69 Å². The first-order valence-electron chi connectivity index (χ1n) is 6.74. The lowest BCUT2D eigenvalue weighted by atomic mass is 10.2. The van der Waals surface area contributed by atoms with E-state index in [1.54, 1.807) is 36.4 Å². The molecule has 3 rings (SSSR count). The highest BCUT2D eigenvalue weighted by Gasteiger charge is 2.10. The summed E-state index contributed by atoms with van der Waals surface area (Å²) in [6, 6.07) is 10.6. The fraction of sp³-hybridized carbons (Fsp3) is 0.0625. The summed E-state index contributed by atoms with van der Waals surface area (Å²) < 4.78 is 5.75. The number of aromatic nitrogens is 1. The Hall–Kier alpha value is -2.20. The second-order valence-electron chi connectivity index (χ2n) is 4.66. The van der Waals surface area contributed by atoms with Gasteiger partial charge in [0.05, 0.1) is 15.7 Å². The van der Waals surface area contributed by atoms with Gasteiger partial charge >= 0.3 is 0 Å². The summed E-state index contributed by atoms with van der Waals surface area (Å²) in [6.45, 7) is 0. The van der Waals surface area contributed by atoms with Gasteiger partial charge in [-0.05, 0) is 42.7 Å². The lowest BCUT2D eigenvalue weighted by Crippen LogP contribution is -2.12. The summed E-state index contributed by atoms with van der Waals surface area (Å²) in [5.74, 6) is 0.449. The molecule has 0 saturated heterocycles. The second kappa shape index (κ2) is 7.14. The van der Waals surface area contributed by atoms with Gasteiger partial charge < -0.3 is 4.42 Å². The number of amidine groups is 1. The number of nitriles is 1. The molecule has 0 spiro atoms. The number of nitrogens with one attached hydrogen (secondary N) is 1. The Bertz CT molecular complexity index is 978. The van der Waals surface area contributed by atoms with E-state index in [1.807, 2.05) is 12.4 Å². The molecule has 24 heavy (non-hydrogen) atoms. The number of hydrogen-bond donors (Lipinski definition) is 1. The van der Waals surface area contributed by atoms with E-state index in [1.165, 1.54) is 11.8 Å². The third kappa shape index (κ3) is 3.49. The van der Waals surface area contributed by atoms with Crippen LogP contribution in [0.3, 0.4) is 0 Å². The van der Waals surface area contributed by atoms with E-state index >= 15 is 0 Å². The van der Waals surface area contributed by atoms with Crippen LogP contribution in [0.25, 0.3) is 22.6 Å². The number of fused-ring (bicyclic) bond motifs is 1. The monoisotopic (exact) mass is 376 g/mol. The molecule has 0 aliphatic heterocycles. The van der Waals surface area contributed by atoms with Crippen molar-refractivity contribution < 1.29 is 4.42 Å². The van der Waals surface area contributed by atoms with E-state index in [4.69, 9.17) is 32.9 Å². The minimum atomic E-state index is 0.439. The summed E-state index contributed by atoms with van der Waals surface area (Å²) >= 11 is 13.3. The van der Waals surface area contributed by atoms with Crippen LogP contribution < -0.4 is 5.32 Å². The van der Waals surface area contributed by atoms with Crippen LogP contribution >= 0.6 is 35.0 Å². The molecule has 0 atom stereocenters. The molecule has 0 saturated carbocycles. The molecule has 0 unspecified atom stereocenters. The van der Waals surface area contributed by atoms with Gasteiger partial charge in [0.1, 0.15) is 5.52 Å². The lowest BCUT2D eigenvalue weighted by Gasteiger charge is -1.98. The molecule has 0 bridgehead atoms. The predicted molar refractivity (Wildman–Crippen MR) is 98.8 cm³/mol. The van der Waals surface area contributed by atoms with Gasteiger partial charge in [-0.3, -0.25) is 5.32 Å². The molecule has 1 aromatic heterocycles. The molecule has 8 heteroatoms. The van der Waals surface area contributed by atoms with Gasteiger partial charge in [0.2, 0.25) is 5.89 Å². The normalized spacial score (nSPS) is 11.5. The van der Waals surface area contributed by atoms with Crippen LogP contribution in [0.5, 0.6) is 0 Å². The zero-order valence-corrected chi connectivity index (χ0v) is 14.7. The van der Waals surface area contributed by atoms with Crippen molar-refractivity contribution >= 4 is 56.9 Å². The average molecular weight is 377 g/mol. The first kappa shape index (κ1) is 16.7. The maximum absolute atomic E-state index is 8.69. The molecule has 3 aromatic rings. The molecule has 120 valence electrons. The predicted octanol–water partition coefficient (Wildman–Crippen LogP) is 5.22. The number of oxazole rings is 1. The molecule has 0 aliphatic carbocycles. The molecule has 0 fully saturated rings. The lowest BCUT2D eigenvalue weighted by molar-refractivity contribution is 0.620. The smallest absolute Gasteiger partial charge is 0.227 e. The van der Waals surface area contributed by atoms with Gasteiger partial charge in [-0.15, -0.1) is 0 Å². The van der Waals surface area contributed by atoms with Crippen LogP contribution in [0.1, 0.15) is 0 Å². The highest BCUT2D eigenvalue weighted by atomic mass is 35.5. The van der Waals surface area contributed by atoms with Crippen molar-refractivity contribution in [2.75, 3.05) is 6.26 Å². The number of halogens is 2. The molecule has 0 aliphatic rings. The van der Waals surface area contributed by atoms with Crippen molar-refractivity contribution in [3.05, 3.63) is 46.4 Å². The van der Waals surface area contributed by atoms with Crippen molar-refractivity contribution in [1.29, 1.82) is 5.26 Å². The molecule has 1 heterocycles. The summed E-state index contributed by atoms with van der Waals surface area (Å²) in [4.78, 5) is 8.81. The molecule has 2 aromatic carbocycles. The zero-order valence-electron chi connectivity index (χ0n) is 12.4. The Morgan fingerprint density at radius 2 is 2.08 bits per heavy atom. The number of nitrogens with zero attached hydrogens (tertiary/aromatic N) is 3. The Morgan fingerprint density at radius 1 is 1.25 bits per heavy atom. The molecule has 1 N–H and O–H groups in total. The van der Waals surface area contributed by atoms with Crippen molar-refractivity contribution in [1.82, 2.24) is 10.3 Å². The summed E-state index contributed by atoms with van der Waals surface area (Å²) in [7, 11) is 0. The number of hydrogen-bond acceptors (Lipinski definition) is 5. The Kier molecular flexibility index (Phi) is 4.95. The topological polar surface area (TPSA) is 74.2 Å². The SMILES string of the molecule is CSC(=Nc1ccc2oc(-c3ccc(Cl)c(Cl)c3)nc2c1)NC#N. The van der Waals surface area contributed by atoms with Crippen LogP contribution in [0.2, 0.25) is 10.0 Å². The first-order valence-corrected chi connectivity index (χ1v) is 8.72. The van der Waals surface area contributed by atoms with E-state index in [0.29, 0.717) is 37.9 Å². The molecule has 0 amide bonds. The van der Waals surface area contributed by atoms with Crippen molar-refractivity contribution in [2.45, 2.75) is 0 Å². The summed E-state index contributed by atoms with van der Waals surface area (Å²) in [6.07, 6.45) is 3.69. The van der Waals surface area contributed by atoms with Gasteiger partial charge in [-0.1, -0.05) is 35.0 Å². The van der Waals surface area contributed by atoms with Crippen LogP contribution in [0, 0.1) is 11.5 Å². The zero-order chi connectivity index (χ0) is 17.1. The Morgan fingerprint density at radius 3 is 2.79 bits per heavy atom. The third-order valence-corrected chi connectivity index (χ3v) is 4.44.